The minimum atomic E-state index is 0.312. The highest BCUT2D eigenvalue weighted by Crippen LogP contribution is 2.37. The summed E-state index contributed by atoms with van der Waals surface area (Å²) in [5.41, 5.74) is 0.381. The van der Waals surface area contributed by atoms with Crippen molar-refractivity contribution >= 4 is 0 Å². The van der Waals surface area contributed by atoms with E-state index in [2.05, 4.69) is 18.7 Å². The zero-order valence-corrected chi connectivity index (χ0v) is 10.3. The summed E-state index contributed by atoms with van der Waals surface area (Å²) in [7, 11) is 1.75. The Morgan fingerprint density at radius 2 is 2.20 bits per heavy atom. The van der Waals surface area contributed by atoms with Crippen molar-refractivity contribution in [3.05, 3.63) is 0 Å². The molecule has 0 radical (unpaired) electrons. The molecule has 1 N–H and O–H groups in total. The number of nitrogens with zero attached hydrogens (tertiary/aromatic N) is 1. The predicted molar refractivity (Wildman–Crippen MR) is 61.9 cm³/mol. The Kier molecular flexibility index (Phi) is 5.03. The summed E-state index contributed by atoms with van der Waals surface area (Å²) in [6, 6.07) is 0. The number of likely N-dealkylation sites (tertiary alicyclic amines) is 1. The third-order valence-electron chi connectivity index (χ3n) is 3.75. The van der Waals surface area contributed by atoms with Crippen LogP contribution < -0.4 is 0 Å². The van der Waals surface area contributed by atoms with Crippen molar-refractivity contribution in [3.63, 3.8) is 0 Å². The predicted octanol–water partition coefficient (Wildman–Crippen LogP) is 1.36. The van der Waals surface area contributed by atoms with E-state index < -0.39 is 0 Å². The van der Waals surface area contributed by atoms with Gasteiger partial charge in [0, 0.05) is 26.8 Å². The first-order chi connectivity index (χ1) is 7.10. The number of aliphatic hydroxyl groups excluding tert-OH is 1. The second kappa shape index (κ2) is 5.83. The van der Waals surface area contributed by atoms with Crippen molar-refractivity contribution in [2.75, 3.05) is 40.0 Å². The number of hydrogen-bond donors (Lipinski definition) is 1. The summed E-state index contributed by atoms with van der Waals surface area (Å²) in [5, 5.41) is 9.07. The molecule has 90 valence electrons. The Morgan fingerprint density at radius 3 is 2.80 bits per heavy atom. The Hall–Kier alpha value is -0.120. The normalized spacial score (nSPS) is 26.8. The number of hydrogen-bond acceptors (Lipinski definition) is 3. The van der Waals surface area contributed by atoms with Gasteiger partial charge >= 0.3 is 0 Å². The summed E-state index contributed by atoms with van der Waals surface area (Å²) >= 11 is 0. The van der Waals surface area contributed by atoms with E-state index >= 15 is 0 Å². The maximum Gasteiger partial charge on any atom is 0.0589 e. The molecule has 1 unspecified atom stereocenters. The van der Waals surface area contributed by atoms with Gasteiger partial charge in [-0.2, -0.15) is 0 Å². The Bertz CT molecular complexity index is 182. The first kappa shape index (κ1) is 12.9. The van der Waals surface area contributed by atoms with Crippen LogP contribution in [0.25, 0.3) is 0 Å². The molecule has 0 aromatic heterocycles. The van der Waals surface area contributed by atoms with Gasteiger partial charge in [0.05, 0.1) is 6.61 Å². The second-order valence-electron chi connectivity index (χ2n) is 5.24. The molecule has 1 aliphatic heterocycles. The molecule has 0 aromatic carbocycles. The van der Waals surface area contributed by atoms with E-state index in [4.69, 9.17) is 9.84 Å². The van der Waals surface area contributed by atoms with Crippen LogP contribution in [0.15, 0.2) is 0 Å². The van der Waals surface area contributed by atoms with Crippen LogP contribution >= 0.6 is 0 Å². The van der Waals surface area contributed by atoms with Gasteiger partial charge in [0.2, 0.25) is 0 Å². The molecule has 3 nitrogen and oxygen atoms in total. The van der Waals surface area contributed by atoms with Gasteiger partial charge in [0.1, 0.15) is 0 Å². The van der Waals surface area contributed by atoms with Crippen LogP contribution in [0.2, 0.25) is 0 Å². The number of ether oxygens (including phenoxy) is 1. The first-order valence-electron chi connectivity index (χ1n) is 5.92. The molecule has 0 aliphatic carbocycles. The second-order valence-corrected chi connectivity index (χ2v) is 5.24. The maximum atomic E-state index is 9.07. The molecule has 15 heavy (non-hydrogen) atoms. The number of methoxy groups -OCH3 is 1. The van der Waals surface area contributed by atoms with Gasteiger partial charge < -0.3 is 14.7 Å². The largest absolute Gasteiger partial charge is 0.396 e. The van der Waals surface area contributed by atoms with Crippen molar-refractivity contribution in [1.29, 1.82) is 0 Å². The Balaban J connectivity index is 2.43. The van der Waals surface area contributed by atoms with Crippen LogP contribution in [0.1, 0.15) is 26.7 Å². The van der Waals surface area contributed by atoms with Gasteiger partial charge in [0.15, 0.2) is 0 Å². The molecule has 1 fully saturated rings. The minimum Gasteiger partial charge on any atom is -0.396 e. The molecule has 1 atom stereocenters. The summed E-state index contributed by atoms with van der Waals surface area (Å²) in [4.78, 5) is 2.45. The van der Waals surface area contributed by atoms with Gasteiger partial charge in [-0.1, -0.05) is 13.8 Å². The van der Waals surface area contributed by atoms with E-state index in [9.17, 15) is 0 Å². The Labute approximate surface area is 93.4 Å². The lowest BCUT2D eigenvalue weighted by molar-refractivity contribution is 0.0309. The SMILES string of the molecule is COCCN1CCC(C)(C)C(CCO)C1. The van der Waals surface area contributed by atoms with Gasteiger partial charge in [0.25, 0.3) is 0 Å². The topological polar surface area (TPSA) is 32.7 Å². The number of aliphatic hydroxyl groups is 1. The molecule has 0 bridgehead atoms. The molecule has 0 saturated carbocycles. The van der Waals surface area contributed by atoms with E-state index in [0.29, 0.717) is 17.9 Å². The highest BCUT2D eigenvalue weighted by atomic mass is 16.5. The van der Waals surface area contributed by atoms with E-state index in [-0.39, 0.29) is 0 Å². The van der Waals surface area contributed by atoms with Crippen LogP contribution in [0.4, 0.5) is 0 Å². The van der Waals surface area contributed by atoms with Crippen molar-refractivity contribution in [2.24, 2.45) is 11.3 Å². The summed E-state index contributed by atoms with van der Waals surface area (Å²) in [6.07, 6.45) is 2.15. The molecule has 1 heterocycles. The standard InChI is InChI=1S/C12H25NO2/c1-12(2)5-6-13(7-9-15-3)10-11(12)4-8-14/h11,14H,4-10H2,1-3H3. The fourth-order valence-electron chi connectivity index (χ4n) is 2.36. The average molecular weight is 215 g/mol. The molecular weight excluding hydrogens is 190 g/mol. The lowest BCUT2D eigenvalue weighted by Gasteiger charge is -2.44. The van der Waals surface area contributed by atoms with E-state index in [1.165, 1.54) is 6.42 Å². The van der Waals surface area contributed by atoms with Crippen LogP contribution in [-0.4, -0.2) is 50.0 Å². The fraction of sp³-hybridized carbons (Fsp3) is 1.00. The maximum absolute atomic E-state index is 9.07. The van der Waals surface area contributed by atoms with Gasteiger partial charge in [-0.05, 0) is 30.7 Å². The lowest BCUT2D eigenvalue weighted by atomic mass is 9.72. The van der Waals surface area contributed by atoms with Gasteiger partial charge in [-0.3, -0.25) is 0 Å². The van der Waals surface area contributed by atoms with Gasteiger partial charge in [-0.25, -0.2) is 0 Å². The van der Waals surface area contributed by atoms with Crippen LogP contribution in [-0.2, 0) is 4.74 Å². The van der Waals surface area contributed by atoms with Crippen molar-refractivity contribution in [2.45, 2.75) is 26.7 Å². The smallest absolute Gasteiger partial charge is 0.0589 e. The van der Waals surface area contributed by atoms with Crippen LogP contribution in [0.5, 0.6) is 0 Å². The molecule has 0 spiro atoms. The summed E-state index contributed by atoms with van der Waals surface area (Å²) in [5.74, 6) is 0.619. The molecule has 0 amide bonds. The molecule has 1 saturated heterocycles. The third-order valence-corrected chi connectivity index (χ3v) is 3.75. The summed E-state index contributed by atoms with van der Waals surface area (Å²) < 4.78 is 5.10. The number of rotatable bonds is 5. The summed E-state index contributed by atoms with van der Waals surface area (Å²) in [6.45, 7) is 9.06. The molecule has 0 aromatic rings. The molecule has 3 heteroatoms. The number of piperidine rings is 1. The monoisotopic (exact) mass is 215 g/mol. The minimum absolute atomic E-state index is 0.312. The first-order valence-corrected chi connectivity index (χ1v) is 5.92. The van der Waals surface area contributed by atoms with E-state index in [0.717, 1.165) is 32.7 Å². The van der Waals surface area contributed by atoms with Crippen molar-refractivity contribution < 1.29 is 9.84 Å². The zero-order valence-electron chi connectivity index (χ0n) is 10.3. The zero-order chi connectivity index (χ0) is 11.3. The molecule has 1 rings (SSSR count). The molecular formula is C12H25NO2. The van der Waals surface area contributed by atoms with Crippen molar-refractivity contribution in [1.82, 2.24) is 4.90 Å². The Morgan fingerprint density at radius 1 is 1.47 bits per heavy atom. The quantitative estimate of drug-likeness (QED) is 0.751. The fourth-order valence-corrected chi connectivity index (χ4v) is 2.36. The van der Waals surface area contributed by atoms with Crippen molar-refractivity contribution in [3.8, 4) is 0 Å². The average Bonchev–Trinajstić information content (AvgIpc) is 2.19. The third kappa shape index (κ3) is 3.74. The highest BCUT2D eigenvalue weighted by Gasteiger charge is 2.34. The highest BCUT2D eigenvalue weighted by molar-refractivity contribution is 4.86. The lowest BCUT2D eigenvalue weighted by Crippen LogP contribution is -2.46. The van der Waals surface area contributed by atoms with Crippen LogP contribution in [0, 0.1) is 11.3 Å². The molecule has 1 aliphatic rings. The van der Waals surface area contributed by atoms with Crippen LogP contribution in [0.3, 0.4) is 0 Å². The van der Waals surface area contributed by atoms with E-state index in [1.807, 2.05) is 0 Å². The van der Waals surface area contributed by atoms with E-state index in [1.54, 1.807) is 7.11 Å². The van der Waals surface area contributed by atoms with Gasteiger partial charge in [-0.15, -0.1) is 0 Å².